The molecule has 20 heavy (non-hydrogen) atoms. The van der Waals surface area contributed by atoms with E-state index in [1.807, 2.05) is 0 Å². The molecule has 8 heteroatoms. The normalized spacial score (nSPS) is 10.4. The number of hydrogen-bond acceptors (Lipinski definition) is 3. The lowest BCUT2D eigenvalue weighted by molar-refractivity contribution is 0.0693. The van der Waals surface area contributed by atoms with Gasteiger partial charge in [0.2, 0.25) is 5.88 Å². The number of pyridine rings is 1. The van der Waals surface area contributed by atoms with Crippen molar-refractivity contribution in [1.29, 1.82) is 0 Å². The number of carbonyl (C=O) groups is 1. The van der Waals surface area contributed by atoms with Gasteiger partial charge in [0.15, 0.2) is 0 Å². The van der Waals surface area contributed by atoms with E-state index in [9.17, 15) is 4.79 Å². The molecular formula is C12H5BrCl3NO3. The fourth-order valence-electron chi connectivity index (χ4n) is 1.35. The maximum absolute atomic E-state index is 11.1. The van der Waals surface area contributed by atoms with Gasteiger partial charge in [0.05, 0.1) is 10.0 Å². The standard InChI is InChI=1S/C12H5BrCl3NO3/c13-6-3-8(15)9(4-7(6)14)20-11-5(12(18)19)1-2-10(16)17-11/h1-4H,(H,18,19). The highest BCUT2D eigenvalue weighted by Gasteiger charge is 2.16. The van der Waals surface area contributed by atoms with Crippen molar-refractivity contribution in [3.05, 3.63) is 49.5 Å². The first-order chi connectivity index (χ1) is 9.38. The molecule has 0 amide bonds. The summed E-state index contributed by atoms with van der Waals surface area (Å²) < 4.78 is 6.00. The van der Waals surface area contributed by atoms with Crippen LogP contribution in [-0.4, -0.2) is 16.1 Å². The summed E-state index contributed by atoms with van der Waals surface area (Å²) in [6.45, 7) is 0. The van der Waals surface area contributed by atoms with Gasteiger partial charge >= 0.3 is 5.97 Å². The van der Waals surface area contributed by atoms with E-state index in [1.165, 1.54) is 24.3 Å². The molecule has 0 bridgehead atoms. The van der Waals surface area contributed by atoms with E-state index < -0.39 is 5.97 Å². The second kappa shape index (κ2) is 6.18. The number of ether oxygens (including phenoxy) is 1. The Balaban J connectivity index is 2.47. The van der Waals surface area contributed by atoms with Gasteiger partial charge in [-0.05, 0) is 34.1 Å². The third kappa shape index (κ3) is 3.35. The van der Waals surface area contributed by atoms with Crippen LogP contribution in [0.3, 0.4) is 0 Å². The summed E-state index contributed by atoms with van der Waals surface area (Å²) >= 11 is 20.9. The highest BCUT2D eigenvalue weighted by Crippen LogP contribution is 2.37. The maximum Gasteiger partial charge on any atom is 0.341 e. The second-order valence-corrected chi connectivity index (χ2v) is 5.65. The van der Waals surface area contributed by atoms with Crippen LogP contribution in [0.15, 0.2) is 28.7 Å². The van der Waals surface area contributed by atoms with Crippen LogP contribution in [0.4, 0.5) is 0 Å². The average molecular weight is 397 g/mol. The number of aromatic carboxylic acids is 1. The van der Waals surface area contributed by atoms with Gasteiger partial charge < -0.3 is 9.84 Å². The van der Waals surface area contributed by atoms with E-state index in [1.54, 1.807) is 0 Å². The van der Waals surface area contributed by atoms with Gasteiger partial charge in [-0.1, -0.05) is 34.8 Å². The fraction of sp³-hybridized carbons (Fsp3) is 0. The Hall–Kier alpha value is -1.01. The maximum atomic E-state index is 11.1. The van der Waals surface area contributed by atoms with Crippen LogP contribution in [0, 0.1) is 0 Å². The summed E-state index contributed by atoms with van der Waals surface area (Å²) in [5, 5.41) is 9.79. The number of rotatable bonds is 3. The topological polar surface area (TPSA) is 59.4 Å². The lowest BCUT2D eigenvalue weighted by Gasteiger charge is -2.10. The number of hydrogen-bond donors (Lipinski definition) is 1. The van der Waals surface area contributed by atoms with Crippen LogP contribution >= 0.6 is 50.7 Å². The molecule has 1 aromatic carbocycles. The molecule has 2 aromatic rings. The van der Waals surface area contributed by atoms with Crippen LogP contribution in [-0.2, 0) is 0 Å². The lowest BCUT2D eigenvalue weighted by atomic mass is 10.3. The van der Waals surface area contributed by atoms with Gasteiger partial charge in [0, 0.05) is 10.5 Å². The molecule has 0 aliphatic rings. The fourth-order valence-corrected chi connectivity index (χ4v) is 2.32. The minimum atomic E-state index is -1.19. The zero-order valence-electron chi connectivity index (χ0n) is 9.53. The van der Waals surface area contributed by atoms with E-state index in [0.717, 1.165) is 0 Å². The lowest BCUT2D eigenvalue weighted by Crippen LogP contribution is -2.02. The molecule has 0 fully saturated rings. The van der Waals surface area contributed by atoms with Gasteiger partial charge in [0.25, 0.3) is 0 Å². The van der Waals surface area contributed by atoms with E-state index in [0.29, 0.717) is 9.50 Å². The third-order valence-corrected chi connectivity index (χ3v) is 3.94. The molecule has 0 saturated carbocycles. The quantitative estimate of drug-likeness (QED) is 0.564. The van der Waals surface area contributed by atoms with Crippen LogP contribution in [0.1, 0.15) is 10.4 Å². The molecule has 0 atom stereocenters. The van der Waals surface area contributed by atoms with Gasteiger partial charge in [-0.25, -0.2) is 9.78 Å². The largest absolute Gasteiger partial charge is 0.477 e. The zero-order chi connectivity index (χ0) is 14.9. The van der Waals surface area contributed by atoms with E-state index in [2.05, 4.69) is 20.9 Å². The molecule has 0 radical (unpaired) electrons. The molecule has 0 spiro atoms. The van der Waals surface area contributed by atoms with Crippen molar-refractivity contribution in [2.75, 3.05) is 0 Å². The van der Waals surface area contributed by atoms with Crippen molar-refractivity contribution >= 4 is 56.7 Å². The van der Waals surface area contributed by atoms with E-state index in [4.69, 9.17) is 44.6 Å². The van der Waals surface area contributed by atoms with Crippen LogP contribution < -0.4 is 4.74 Å². The monoisotopic (exact) mass is 395 g/mol. The van der Waals surface area contributed by atoms with Crippen LogP contribution in [0.5, 0.6) is 11.6 Å². The van der Waals surface area contributed by atoms with Crippen molar-refractivity contribution in [2.45, 2.75) is 0 Å². The predicted octanol–water partition coefficient (Wildman–Crippen LogP) is 5.29. The molecule has 104 valence electrons. The highest BCUT2D eigenvalue weighted by atomic mass is 79.9. The first-order valence-electron chi connectivity index (χ1n) is 5.10. The van der Waals surface area contributed by atoms with Crippen molar-refractivity contribution in [3.63, 3.8) is 0 Å². The van der Waals surface area contributed by atoms with Gasteiger partial charge in [-0.2, -0.15) is 0 Å². The van der Waals surface area contributed by atoms with Crippen molar-refractivity contribution < 1.29 is 14.6 Å². The van der Waals surface area contributed by atoms with Crippen LogP contribution in [0.25, 0.3) is 0 Å². The second-order valence-electron chi connectivity index (χ2n) is 3.59. The third-order valence-electron chi connectivity index (χ3n) is 2.24. The Kier molecular flexibility index (Phi) is 4.75. The SMILES string of the molecule is O=C(O)c1ccc(Cl)nc1Oc1cc(Cl)c(Br)cc1Cl. The average Bonchev–Trinajstić information content (AvgIpc) is 2.35. The first kappa shape index (κ1) is 15.4. The summed E-state index contributed by atoms with van der Waals surface area (Å²) in [7, 11) is 0. The van der Waals surface area contributed by atoms with Gasteiger partial charge in [-0.3, -0.25) is 0 Å². The Morgan fingerprint density at radius 3 is 2.55 bits per heavy atom. The van der Waals surface area contributed by atoms with Crippen molar-refractivity contribution in [1.82, 2.24) is 4.98 Å². The highest BCUT2D eigenvalue weighted by molar-refractivity contribution is 9.10. The Morgan fingerprint density at radius 2 is 1.90 bits per heavy atom. The van der Waals surface area contributed by atoms with E-state index in [-0.39, 0.29) is 27.4 Å². The molecule has 4 nitrogen and oxygen atoms in total. The number of carboxylic acids is 1. The zero-order valence-corrected chi connectivity index (χ0v) is 13.4. The number of aromatic nitrogens is 1. The Morgan fingerprint density at radius 1 is 1.20 bits per heavy atom. The van der Waals surface area contributed by atoms with Gasteiger partial charge in [0.1, 0.15) is 16.5 Å². The molecule has 0 aliphatic carbocycles. The minimum Gasteiger partial charge on any atom is -0.477 e. The Bertz CT molecular complexity index is 694. The summed E-state index contributed by atoms with van der Waals surface area (Å²) in [6.07, 6.45) is 0. The first-order valence-corrected chi connectivity index (χ1v) is 7.03. The number of carboxylic acid groups (broad SMARTS) is 1. The molecule has 2 rings (SSSR count). The molecule has 0 aliphatic heterocycles. The number of halogens is 4. The number of nitrogens with zero attached hydrogens (tertiary/aromatic N) is 1. The van der Waals surface area contributed by atoms with Crippen LogP contribution in [0.2, 0.25) is 15.2 Å². The smallest absolute Gasteiger partial charge is 0.341 e. The molecule has 1 heterocycles. The summed E-state index contributed by atoms with van der Waals surface area (Å²) in [6, 6.07) is 5.63. The molecule has 1 aromatic heterocycles. The molecule has 0 saturated heterocycles. The van der Waals surface area contributed by atoms with Crippen molar-refractivity contribution in [2.24, 2.45) is 0 Å². The van der Waals surface area contributed by atoms with E-state index >= 15 is 0 Å². The number of benzene rings is 1. The van der Waals surface area contributed by atoms with Gasteiger partial charge in [-0.15, -0.1) is 0 Å². The summed E-state index contributed by atoms with van der Waals surface area (Å²) in [5.74, 6) is -1.18. The molecule has 0 unspecified atom stereocenters. The minimum absolute atomic E-state index is 0.101. The summed E-state index contributed by atoms with van der Waals surface area (Å²) in [5.41, 5.74) is -0.135. The Labute approximate surface area is 137 Å². The molecule has 1 N–H and O–H groups in total. The predicted molar refractivity (Wildman–Crippen MR) is 80.4 cm³/mol. The summed E-state index contributed by atoms with van der Waals surface area (Å²) in [4.78, 5) is 14.9. The van der Waals surface area contributed by atoms with Crippen molar-refractivity contribution in [3.8, 4) is 11.6 Å². The molecular weight excluding hydrogens is 392 g/mol.